The second-order valence-electron chi connectivity index (χ2n) is 8.71. The number of imide groups is 1. The maximum Gasteiger partial charge on any atom is 0.327 e. The third-order valence-corrected chi connectivity index (χ3v) is 6.87. The molecule has 6 heteroatoms. The number of carbonyl (C=O) groups excluding carboxylic acids is 2. The third-order valence-electron chi connectivity index (χ3n) is 6.87. The molecule has 0 saturated carbocycles. The van der Waals surface area contributed by atoms with Crippen molar-refractivity contribution in [1.82, 2.24) is 19.7 Å². The van der Waals surface area contributed by atoms with Crippen LogP contribution in [0.4, 0.5) is 4.79 Å². The van der Waals surface area contributed by atoms with E-state index in [1.807, 2.05) is 6.92 Å². The Morgan fingerprint density at radius 1 is 1.25 bits per heavy atom. The van der Waals surface area contributed by atoms with Crippen LogP contribution in [0.1, 0.15) is 36.8 Å². The number of H-pyrrole nitrogens is 1. The van der Waals surface area contributed by atoms with Crippen LogP contribution in [0.15, 0.2) is 24.4 Å². The van der Waals surface area contributed by atoms with Crippen LogP contribution in [0.5, 0.6) is 0 Å². The first-order valence-corrected chi connectivity index (χ1v) is 10.4. The van der Waals surface area contributed by atoms with Gasteiger partial charge < -0.3 is 14.8 Å². The minimum absolute atomic E-state index is 0.0479. The zero-order chi connectivity index (χ0) is 19.4. The van der Waals surface area contributed by atoms with Crippen molar-refractivity contribution < 1.29 is 9.59 Å². The fourth-order valence-corrected chi connectivity index (χ4v) is 5.68. The largest absolute Gasteiger partial charge is 0.361 e. The number of aromatic amines is 1. The van der Waals surface area contributed by atoms with Gasteiger partial charge >= 0.3 is 6.03 Å². The van der Waals surface area contributed by atoms with E-state index in [4.69, 9.17) is 0 Å². The predicted octanol–water partition coefficient (Wildman–Crippen LogP) is 2.80. The number of rotatable bonds is 4. The number of likely N-dealkylation sites (tertiary alicyclic amines) is 1. The Labute approximate surface area is 165 Å². The lowest BCUT2D eigenvalue weighted by atomic mass is 9.72. The smallest absolute Gasteiger partial charge is 0.327 e. The van der Waals surface area contributed by atoms with Gasteiger partial charge in [-0.25, -0.2) is 4.79 Å². The maximum atomic E-state index is 12.6. The highest BCUT2D eigenvalue weighted by Gasteiger charge is 2.42. The van der Waals surface area contributed by atoms with Crippen LogP contribution in [-0.2, 0) is 11.2 Å². The number of piperidine rings is 1. The van der Waals surface area contributed by atoms with Crippen molar-refractivity contribution >= 4 is 22.8 Å². The van der Waals surface area contributed by atoms with Gasteiger partial charge in [0, 0.05) is 48.7 Å². The van der Waals surface area contributed by atoms with Crippen LogP contribution >= 0.6 is 0 Å². The van der Waals surface area contributed by atoms with Gasteiger partial charge in [0.2, 0.25) is 5.91 Å². The van der Waals surface area contributed by atoms with E-state index < -0.39 is 0 Å². The molecule has 3 aliphatic rings. The number of urea groups is 1. The molecule has 0 spiro atoms. The molecule has 3 amide bonds. The van der Waals surface area contributed by atoms with E-state index in [9.17, 15) is 9.59 Å². The van der Waals surface area contributed by atoms with Crippen molar-refractivity contribution in [2.75, 3.05) is 33.2 Å². The lowest BCUT2D eigenvalue weighted by molar-refractivity contribution is -0.125. The van der Waals surface area contributed by atoms with Gasteiger partial charge in [0.05, 0.1) is 0 Å². The number of amides is 3. The molecular formula is C22H28N4O2. The molecule has 6 nitrogen and oxygen atoms in total. The van der Waals surface area contributed by atoms with Crippen LogP contribution in [0.3, 0.4) is 0 Å². The predicted molar refractivity (Wildman–Crippen MR) is 108 cm³/mol. The van der Waals surface area contributed by atoms with Crippen molar-refractivity contribution in [3.05, 3.63) is 35.5 Å². The Morgan fingerprint density at radius 2 is 2.11 bits per heavy atom. The Kier molecular flexibility index (Phi) is 4.19. The summed E-state index contributed by atoms with van der Waals surface area (Å²) in [6.07, 6.45) is 5.13. The Morgan fingerprint density at radius 3 is 2.93 bits per heavy atom. The van der Waals surface area contributed by atoms with E-state index in [0.717, 1.165) is 25.8 Å². The summed E-state index contributed by atoms with van der Waals surface area (Å²) in [5, 5.41) is 1.40. The summed E-state index contributed by atoms with van der Waals surface area (Å²) in [7, 11) is 2.21. The number of hydrogen-bond acceptors (Lipinski definition) is 3. The first-order valence-electron chi connectivity index (χ1n) is 10.4. The molecule has 28 heavy (non-hydrogen) atoms. The van der Waals surface area contributed by atoms with Crippen molar-refractivity contribution in [1.29, 1.82) is 0 Å². The maximum absolute atomic E-state index is 12.6. The number of nitrogens with zero attached hydrogens (tertiary/aromatic N) is 3. The average molecular weight is 380 g/mol. The van der Waals surface area contributed by atoms with Gasteiger partial charge in [-0.1, -0.05) is 19.1 Å². The topological polar surface area (TPSA) is 59.7 Å². The highest BCUT2D eigenvalue weighted by atomic mass is 16.2. The molecule has 0 bridgehead atoms. The number of fused-ring (bicyclic) bond motifs is 2. The van der Waals surface area contributed by atoms with Crippen LogP contribution in [0.2, 0.25) is 0 Å². The summed E-state index contributed by atoms with van der Waals surface area (Å²) >= 11 is 0. The van der Waals surface area contributed by atoms with E-state index in [2.05, 4.69) is 41.3 Å². The second-order valence-corrected chi connectivity index (χ2v) is 8.71. The Balaban J connectivity index is 1.38. The number of aromatic nitrogens is 1. The summed E-state index contributed by atoms with van der Waals surface area (Å²) in [6.45, 7) is 4.42. The van der Waals surface area contributed by atoms with Crippen LogP contribution < -0.4 is 0 Å². The molecule has 2 aliphatic heterocycles. The molecule has 148 valence electrons. The number of benzene rings is 1. The average Bonchev–Trinajstić information content (AvgIpc) is 3.21. The summed E-state index contributed by atoms with van der Waals surface area (Å²) < 4.78 is 0. The van der Waals surface area contributed by atoms with E-state index in [0.29, 0.717) is 31.0 Å². The first-order chi connectivity index (χ1) is 13.6. The minimum atomic E-state index is -0.102. The summed E-state index contributed by atoms with van der Waals surface area (Å²) in [5.41, 5.74) is 4.09. The lowest BCUT2D eigenvalue weighted by Gasteiger charge is -2.46. The van der Waals surface area contributed by atoms with Gasteiger partial charge in [-0.3, -0.25) is 9.69 Å². The molecular weight excluding hydrogens is 352 g/mol. The van der Waals surface area contributed by atoms with Gasteiger partial charge in [-0.05, 0) is 49.4 Å². The van der Waals surface area contributed by atoms with Gasteiger partial charge in [-0.15, -0.1) is 0 Å². The quantitative estimate of drug-likeness (QED) is 0.830. The standard InChI is InChI=1S/C22H28N4O2/c1-3-7-26-20(27)13-25(22(26)28)12-14-8-17-16-5-4-6-18-21(16)15(10-23-18)9-19(17)24(2)11-14/h4-6,10,14,17,19,23H,3,7-9,11-13H2,1-2H3/t14?,17-,19-/m1/s1. The van der Waals surface area contributed by atoms with Crippen LogP contribution in [0, 0.1) is 5.92 Å². The normalized spacial score (nSPS) is 27.7. The number of likely N-dealkylation sites (N-methyl/N-ethyl adjacent to an activating group) is 1. The van der Waals surface area contributed by atoms with E-state index in [-0.39, 0.29) is 18.5 Å². The molecule has 3 heterocycles. The fourth-order valence-electron chi connectivity index (χ4n) is 5.68. The second kappa shape index (κ2) is 6.62. The number of hydrogen-bond donors (Lipinski definition) is 1. The molecule has 1 N–H and O–H groups in total. The zero-order valence-corrected chi connectivity index (χ0v) is 16.6. The van der Waals surface area contributed by atoms with Crippen molar-refractivity contribution in [3.8, 4) is 0 Å². The molecule has 0 radical (unpaired) electrons. The van der Waals surface area contributed by atoms with Crippen LogP contribution in [0.25, 0.3) is 10.9 Å². The van der Waals surface area contributed by atoms with Gasteiger partial charge in [-0.2, -0.15) is 0 Å². The first kappa shape index (κ1) is 17.7. The highest BCUT2D eigenvalue weighted by Crippen LogP contribution is 2.44. The summed E-state index contributed by atoms with van der Waals surface area (Å²) in [6, 6.07) is 6.99. The molecule has 1 unspecified atom stereocenters. The molecule has 2 aromatic rings. The van der Waals surface area contributed by atoms with Gasteiger partial charge in [0.15, 0.2) is 0 Å². The van der Waals surface area contributed by atoms with Crippen molar-refractivity contribution in [2.24, 2.45) is 5.92 Å². The van der Waals surface area contributed by atoms with E-state index in [1.165, 1.54) is 26.9 Å². The Hall–Kier alpha value is -2.34. The lowest BCUT2D eigenvalue weighted by Crippen LogP contribution is -2.50. The molecule has 1 aromatic heterocycles. The molecule has 3 atom stereocenters. The summed E-state index contributed by atoms with van der Waals surface area (Å²) in [5.74, 6) is 0.824. The highest BCUT2D eigenvalue weighted by molar-refractivity contribution is 6.02. The minimum Gasteiger partial charge on any atom is -0.361 e. The number of nitrogens with one attached hydrogen (secondary N) is 1. The van der Waals surface area contributed by atoms with Crippen LogP contribution in [-0.4, -0.2) is 70.9 Å². The van der Waals surface area contributed by atoms with Gasteiger partial charge in [0.25, 0.3) is 0 Å². The third kappa shape index (κ3) is 2.65. The molecule has 2 fully saturated rings. The zero-order valence-electron chi connectivity index (χ0n) is 16.6. The van der Waals surface area contributed by atoms with Gasteiger partial charge in [0.1, 0.15) is 6.54 Å². The van der Waals surface area contributed by atoms with Crippen molar-refractivity contribution in [2.45, 2.75) is 38.1 Å². The van der Waals surface area contributed by atoms with E-state index in [1.54, 1.807) is 4.90 Å². The van der Waals surface area contributed by atoms with Crippen molar-refractivity contribution in [3.63, 3.8) is 0 Å². The fraction of sp³-hybridized carbons (Fsp3) is 0.545. The monoisotopic (exact) mass is 380 g/mol. The Bertz CT molecular complexity index is 936. The molecule has 1 aliphatic carbocycles. The molecule has 1 aromatic carbocycles. The molecule has 5 rings (SSSR count). The SMILES string of the molecule is CCCN1C(=O)CN(CC2C[C@@H]3c4cccc5[nH]cc(c45)C[C@H]3N(C)C2)C1=O. The molecule has 2 saturated heterocycles. The van der Waals surface area contributed by atoms with E-state index >= 15 is 0 Å². The number of carbonyl (C=O) groups is 2. The summed E-state index contributed by atoms with van der Waals surface area (Å²) in [4.78, 5) is 33.9.